The van der Waals surface area contributed by atoms with Gasteiger partial charge in [0, 0.05) is 22.7 Å². The molecule has 7 heteroatoms. The maximum absolute atomic E-state index is 13.2. The molecular formula is C21H17Cl3FNO2. The number of hydrogen-bond donors (Lipinski definition) is 1. The number of methoxy groups -OCH3 is 1. The van der Waals surface area contributed by atoms with Gasteiger partial charge in [0.25, 0.3) is 0 Å². The summed E-state index contributed by atoms with van der Waals surface area (Å²) in [5, 5.41) is 4.66. The first kappa shape index (κ1) is 20.6. The highest BCUT2D eigenvalue weighted by molar-refractivity contribution is 6.36. The van der Waals surface area contributed by atoms with Crippen molar-refractivity contribution in [2.24, 2.45) is 0 Å². The molecule has 3 rings (SSSR count). The van der Waals surface area contributed by atoms with Gasteiger partial charge in [-0.25, -0.2) is 4.39 Å². The summed E-state index contributed by atoms with van der Waals surface area (Å²) >= 11 is 18.2. The number of nitrogens with one attached hydrogen (secondary N) is 1. The van der Waals surface area contributed by atoms with Gasteiger partial charge < -0.3 is 14.8 Å². The molecular weight excluding hydrogens is 424 g/mol. The highest BCUT2D eigenvalue weighted by Gasteiger charge is 2.13. The Labute approximate surface area is 177 Å². The van der Waals surface area contributed by atoms with Crippen molar-refractivity contribution in [3.05, 3.63) is 86.6 Å². The molecule has 0 spiro atoms. The quantitative estimate of drug-likeness (QED) is 0.429. The molecule has 0 saturated carbocycles. The predicted molar refractivity (Wildman–Crippen MR) is 113 cm³/mol. The van der Waals surface area contributed by atoms with Crippen molar-refractivity contribution in [1.82, 2.24) is 0 Å². The molecule has 0 aliphatic carbocycles. The summed E-state index contributed by atoms with van der Waals surface area (Å²) in [5.41, 5.74) is 2.29. The second kappa shape index (κ2) is 9.37. The number of halogens is 4. The van der Waals surface area contributed by atoms with Gasteiger partial charge in [-0.1, -0.05) is 53.0 Å². The Kier molecular flexibility index (Phi) is 6.89. The van der Waals surface area contributed by atoms with Crippen LogP contribution < -0.4 is 14.8 Å². The number of benzene rings is 3. The first-order chi connectivity index (χ1) is 13.5. The van der Waals surface area contributed by atoms with Crippen LogP contribution in [0.3, 0.4) is 0 Å². The first-order valence-corrected chi connectivity index (χ1v) is 9.53. The third-order valence-corrected chi connectivity index (χ3v) is 4.97. The van der Waals surface area contributed by atoms with E-state index in [0.717, 1.165) is 11.3 Å². The summed E-state index contributed by atoms with van der Waals surface area (Å²) in [7, 11) is 1.57. The van der Waals surface area contributed by atoms with E-state index in [4.69, 9.17) is 44.3 Å². The van der Waals surface area contributed by atoms with Crippen molar-refractivity contribution in [2.45, 2.75) is 13.2 Å². The number of rotatable bonds is 7. The maximum Gasteiger partial charge on any atom is 0.166 e. The summed E-state index contributed by atoms with van der Waals surface area (Å²) in [6.07, 6.45) is 0. The Morgan fingerprint density at radius 3 is 2.46 bits per heavy atom. The smallest absolute Gasteiger partial charge is 0.166 e. The van der Waals surface area contributed by atoms with Crippen molar-refractivity contribution in [3.8, 4) is 11.5 Å². The zero-order valence-corrected chi connectivity index (χ0v) is 17.2. The molecule has 1 N–H and O–H groups in total. The Morgan fingerprint density at radius 1 is 0.929 bits per heavy atom. The molecule has 0 atom stereocenters. The molecule has 0 saturated heterocycles. The Bertz CT molecular complexity index is 982. The predicted octanol–water partition coefficient (Wildman–Crippen LogP) is 6.99. The topological polar surface area (TPSA) is 30.5 Å². The average molecular weight is 441 g/mol. The second-order valence-electron chi connectivity index (χ2n) is 5.95. The van der Waals surface area contributed by atoms with E-state index in [1.807, 2.05) is 18.2 Å². The Balaban J connectivity index is 1.79. The van der Waals surface area contributed by atoms with E-state index < -0.39 is 5.82 Å². The lowest BCUT2D eigenvalue weighted by Gasteiger charge is -2.17. The SMILES string of the molecule is COc1cccc(CNc2ccc(Cl)cc2Cl)c1OCc1ccc(F)cc1Cl. The largest absolute Gasteiger partial charge is 0.493 e. The summed E-state index contributed by atoms with van der Waals surface area (Å²) in [6.45, 7) is 0.624. The zero-order chi connectivity index (χ0) is 20.1. The van der Waals surface area contributed by atoms with Crippen molar-refractivity contribution in [1.29, 1.82) is 0 Å². The van der Waals surface area contributed by atoms with Crippen LogP contribution in [0, 0.1) is 5.82 Å². The lowest BCUT2D eigenvalue weighted by molar-refractivity contribution is 0.281. The third kappa shape index (κ3) is 5.02. The van der Waals surface area contributed by atoms with Crippen molar-refractivity contribution >= 4 is 40.5 Å². The minimum atomic E-state index is -0.393. The van der Waals surface area contributed by atoms with Gasteiger partial charge in [0.15, 0.2) is 11.5 Å². The van der Waals surface area contributed by atoms with Gasteiger partial charge in [-0.15, -0.1) is 0 Å². The summed E-state index contributed by atoms with van der Waals surface area (Å²) in [4.78, 5) is 0. The van der Waals surface area contributed by atoms with Crippen LogP contribution in [0.1, 0.15) is 11.1 Å². The summed E-state index contributed by atoms with van der Waals surface area (Å²) < 4.78 is 24.6. The summed E-state index contributed by atoms with van der Waals surface area (Å²) in [6, 6.07) is 15.0. The fraction of sp³-hybridized carbons (Fsp3) is 0.143. The molecule has 3 aromatic carbocycles. The van der Waals surface area contributed by atoms with Gasteiger partial charge in [0.2, 0.25) is 0 Å². The fourth-order valence-corrected chi connectivity index (χ4v) is 3.33. The molecule has 0 heterocycles. The highest BCUT2D eigenvalue weighted by Crippen LogP contribution is 2.34. The van der Waals surface area contributed by atoms with Crippen LogP contribution in [0.2, 0.25) is 15.1 Å². The van der Waals surface area contributed by atoms with Crippen LogP contribution in [0.25, 0.3) is 0 Å². The standard InChI is InChI=1S/C21H17Cl3FNO2/c1-27-20-4-2-3-13(11-26-19-8-6-15(22)9-18(19)24)21(20)28-12-14-5-7-16(25)10-17(14)23/h2-10,26H,11-12H2,1H3. The summed E-state index contributed by atoms with van der Waals surface area (Å²) in [5.74, 6) is 0.762. The molecule has 0 unspecified atom stereocenters. The highest BCUT2D eigenvalue weighted by atomic mass is 35.5. The molecule has 0 amide bonds. The van der Waals surface area contributed by atoms with Gasteiger partial charge >= 0.3 is 0 Å². The van der Waals surface area contributed by atoms with Crippen LogP contribution in [-0.2, 0) is 13.2 Å². The van der Waals surface area contributed by atoms with Crippen LogP contribution in [0.5, 0.6) is 11.5 Å². The molecule has 0 aromatic heterocycles. The minimum Gasteiger partial charge on any atom is -0.493 e. The molecule has 3 nitrogen and oxygen atoms in total. The lowest BCUT2D eigenvalue weighted by Crippen LogP contribution is -2.06. The van der Waals surface area contributed by atoms with Crippen molar-refractivity contribution < 1.29 is 13.9 Å². The molecule has 0 fully saturated rings. The fourth-order valence-electron chi connectivity index (χ4n) is 2.64. The molecule has 0 radical (unpaired) electrons. The van der Waals surface area contributed by atoms with E-state index in [9.17, 15) is 4.39 Å². The van der Waals surface area contributed by atoms with E-state index in [2.05, 4.69) is 5.32 Å². The number of para-hydroxylation sites is 1. The van der Waals surface area contributed by atoms with Crippen LogP contribution >= 0.6 is 34.8 Å². The van der Waals surface area contributed by atoms with Crippen LogP contribution in [-0.4, -0.2) is 7.11 Å². The van der Waals surface area contributed by atoms with Gasteiger partial charge in [-0.2, -0.15) is 0 Å². The van der Waals surface area contributed by atoms with Gasteiger partial charge in [-0.05, 0) is 36.4 Å². The van der Waals surface area contributed by atoms with E-state index in [1.54, 1.807) is 31.4 Å². The third-order valence-electron chi connectivity index (χ3n) is 4.07. The first-order valence-electron chi connectivity index (χ1n) is 8.39. The average Bonchev–Trinajstić information content (AvgIpc) is 2.67. The van der Waals surface area contributed by atoms with E-state index in [0.29, 0.717) is 38.7 Å². The van der Waals surface area contributed by atoms with Gasteiger partial charge in [0.1, 0.15) is 12.4 Å². The Hall–Kier alpha value is -2.14. The van der Waals surface area contributed by atoms with Gasteiger partial charge in [0.05, 0.1) is 22.8 Å². The van der Waals surface area contributed by atoms with E-state index in [1.165, 1.54) is 12.1 Å². The van der Waals surface area contributed by atoms with E-state index >= 15 is 0 Å². The molecule has 0 aliphatic heterocycles. The van der Waals surface area contributed by atoms with E-state index in [-0.39, 0.29) is 6.61 Å². The van der Waals surface area contributed by atoms with Crippen molar-refractivity contribution in [3.63, 3.8) is 0 Å². The van der Waals surface area contributed by atoms with Crippen LogP contribution in [0.15, 0.2) is 54.6 Å². The minimum absolute atomic E-state index is 0.175. The monoisotopic (exact) mass is 439 g/mol. The number of ether oxygens (including phenoxy) is 2. The van der Waals surface area contributed by atoms with Crippen LogP contribution in [0.4, 0.5) is 10.1 Å². The Morgan fingerprint density at radius 2 is 1.75 bits per heavy atom. The zero-order valence-electron chi connectivity index (χ0n) is 14.9. The number of hydrogen-bond acceptors (Lipinski definition) is 3. The van der Waals surface area contributed by atoms with Gasteiger partial charge in [-0.3, -0.25) is 0 Å². The maximum atomic E-state index is 13.2. The molecule has 0 aliphatic rings. The molecule has 146 valence electrons. The molecule has 3 aromatic rings. The van der Waals surface area contributed by atoms with Crippen molar-refractivity contribution in [2.75, 3.05) is 12.4 Å². The second-order valence-corrected chi connectivity index (χ2v) is 7.20. The molecule has 28 heavy (non-hydrogen) atoms. The number of anilines is 1. The lowest BCUT2D eigenvalue weighted by atomic mass is 10.1. The molecule has 0 bridgehead atoms. The normalized spacial score (nSPS) is 10.6.